The van der Waals surface area contributed by atoms with Crippen molar-refractivity contribution < 1.29 is 19.1 Å². The van der Waals surface area contributed by atoms with E-state index in [0.717, 1.165) is 22.9 Å². The zero-order valence-corrected chi connectivity index (χ0v) is 21.5. The number of rotatable bonds is 8. The molecule has 0 bridgehead atoms. The lowest BCUT2D eigenvalue weighted by atomic mass is 10.1. The Hall–Kier alpha value is -2.74. The Balaban J connectivity index is 1.50. The third-order valence-corrected chi connectivity index (χ3v) is 7.21. The molecule has 1 aliphatic heterocycles. The van der Waals surface area contributed by atoms with Gasteiger partial charge in [0.25, 0.3) is 11.1 Å². The van der Waals surface area contributed by atoms with Gasteiger partial charge >= 0.3 is 0 Å². The van der Waals surface area contributed by atoms with Gasteiger partial charge in [0, 0.05) is 21.6 Å². The number of benzene rings is 3. The predicted molar refractivity (Wildman–Crippen MR) is 139 cm³/mol. The van der Waals surface area contributed by atoms with Crippen molar-refractivity contribution in [1.29, 1.82) is 0 Å². The minimum absolute atomic E-state index is 0.269. The molecule has 4 rings (SSSR count). The molecule has 1 heterocycles. The zero-order chi connectivity index (χ0) is 24.1. The molecule has 0 aromatic heterocycles. The van der Waals surface area contributed by atoms with Gasteiger partial charge in [-0.15, -0.1) is 0 Å². The second-order valence-electron chi connectivity index (χ2n) is 7.47. The first-order valence-electron chi connectivity index (χ1n) is 10.5. The molecule has 3 aromatic carbocycles. The first-order chi connectivity index (χ1) is 16.5. The molecule has 174 valence electrons. The fraction of sp³-hybridized carbons (Fsp3) is 0.154. The van der Waals surface area contributed by atoms with E-state index >= 15 is 0 Å². The van der Waals surface area contributed by atoms with Gasteiger partial charge < -0.3 is 9.47 Å². The third kappa shape index (κ3) is 5.66. The smallest absolute Gasteiger partial charge is 0.293 e. The van der Waals surface area contributed by atoms with Crippen LogP contribution >= 0.6 is 39.3 Å². The highest BCUT2D eigenvalue weighted by Gasteiger charge is 2.34. The van der Waals surface area contributed by atoms with E-state index in [1.54, 1.807) is 25.3 Å². The van der Waals surface area contributed by atoms with Crippen LogP contribution < -0.4 is 9.47 Å². The van der Waals surface area contributed by atoms with E-state index in [-0.39, 0.29) is 17.8 Å². The van der Waals surface area contributed by atoms with Crippen LogP contribution in [-0.2, 0) is 17.8 Å². The highest BCUT2D eigenvalue weighted by atomic mass is 79.9. The largest absolute Gasteiger partial charge is 0.493 e. The van der Waals surface area contributed by atoms with Gasteiger partial charge in [0.1, 0.15) is 6.61 Å². The molecule has 34 heavy (non-hydrogen) atoms. The van der Waals surface area contributed by atoms with Crippen LogP contribution in [0.1, 0.15) is 16.7 Å². The van der Waals surface area contributed by atoms with Gasteiger partial charge in [-0.25, -0.2) is 0 Å². The van der Waals surface area contributed by atoms with Crippen LogP contribution in [0.2, 0.25) is 5.02 Å². The SMILES string of the molecule is COc1cc(/C=C2\SC(=O)N(CCc3ccccc3)C2=O)c(Br)cc1OCc1ccccc1Cl. The van der Waals surface area contributed by atoms with Crippen molar-refractivity contribution in [3.05, 3.63) is 97.8 Å². The van der Waals surface area contributed by atoms with E-state index in [0.29, 0.717) is 44.4 Å². The summed E-state index contributed by atoms with van der Waals surface area (Å²) in [5, 5.41) is 0.357. The molecular weight excluding hydrogens is 538 g/mol. The topological polar surface area (TPSA) is 55.8 Å². The van der Waals surface area contributed by atoms with Gasteiger partial charge in [0.15, 0.2) is 11.5 Å². The summed E-state index contributed by atoms with van der Waals surface area (Å²) >= 11 is 10.7. The Labute approximate surface area is 215 Å². The number of carbonyl (C=O) groups is 2. The average molecular weight is 559 g/mol. The summed E-state index contributed by atoms with van der Waals surface area (Å²) in [6.45, 7) is 0.619. The van der Waals surface area contributed by atoms with Gasteiger partial charge in [0.2, 0.25) is 0 Å². The molecule has 3 aromatic rings. The molecule has 0 radical (unpaired) electrons. The number of halogens is 2. The summed E-state index contributed by atoms with van der Waals surface area (Å²) in [5.74, 6) is 0.739. The van der Waals surface area contributed by atoms with Crippen molar-refractivity contribution in [2.45, 2.75) is 13.0 Å². The molecule has 8 heteroatoms. The molecule has 0 N–H and O–H groups in total. The number of ether oxygens (including phenoxy) is 2. The second-order valence-corrected chi connectivity index (χ2v) is 9.73. The molecule has 5 nitrogen and oxygen atoms in total. The van der Waals surface area contributed by atoms with Crippen molar-refractivity contribution in [2.75, 3.05) is 13.7 Å². The number of carbonyl (C=O) groups excluding carboxylic acids is 2. The maximum atomic E-state index is 12.9. The summed E-state index contributed by atoms with van der Waals surface area (Å²) in [6.07, 6.45) is 2.30. The highest BCUT2D eigenvalue weighted by Crippen LogP contribution is 2.38. The van der Waals surface area contributed by atoms with E-state index in [9.17, 15) is 9.59 Å². The first kappa shape index (κ1) is 24.4. The Morgan fingerprint density at radius 2 is 1.76 bits per heavy atom. The van der Waals surface area contributed by atoms with E-state index in [1.807, 2.05) is 54.6 Å². The number of amides is 2. The van der Waals surface area contributed by atoms with Gasteiger partial charge in [-0.3, -0.25) is 14.5 Å². The van der Waals surface area contributed by atoms with E-state index in [1.165, 1.54) is 4.90 Å². The second kappa shape index (κ2) is 11.1. The summed E-state index contributed by atoms with van der Waals surface area (Å²) < 4.78 is 12.1. The van der Waals surface area contributed by atoms with Crippen molar-refractivity contribution in [1.82, 2.24) is 4.90 Å². The Morgan fingerprint density at radius 3 is 2.50 bits per heavy atom. The molecule has 0 atom stereocenters. The number of methoxy groups -OCH3 is 1. The summed E-state index contributed by atoms with van der Waals surface area (Å²) in [6, 6.07) is 20.8. The van der Waals surface area contributed by atoms with Crippen LogP contribution in [0.4, 0.5) is 4.79 Å². The minimum Gasteiger partial charge on any atom is -0.493 e. The number of thioether (sulfide) groups is 1. The highest BCUT2D eigenvalue weighted by molar-refractivity contribution is 9.10. The molecule has 0 aliphatic carbocycles. The van der Waals surface area contributed by atoms with Crippen LogP contribution in [-0.4, -0.2) is 29.7 Å². The average Bonchev–Trinajstić information content (AvgIpc) is 3.11. The van der Waals surface area contributed by atoms with Crippen molar-refractivity contribution >= 4 is 56.5 Å². The van der Waals surface area contributed by atoms with Crippen LogP contribution in [0.5, 0.6) is 11.5 Å². The molecule has 1 saturated heterocycles. The fourth-order valence-corrected chi connectivity index (χ4v) is 4.91. The fourth-order valence-electron chi connectivity index (χ4n) is 3.42. The van der Waals surface area contributed by atoms with Gasteiger partial charge in [-0.1, -0.05) is 76.1 Å². The maximum Gasteiger partial charge on any atom is 0.293 e. The standard InChI is InChI=1S/C26H21BrClNO4S/c1-32-22-13-19(20(27)15-23(22)33-16-18-9-5-6-10-21(18)28)14-24-25(30)29(26(31)34-24)12-11-17-7-3-2-4-8-17/h2-10,13-15H,11-12,16H2,1H3/b24-14-. The van der Waals surface area contributed by atoms with Gasteiger partial charge in [-0.2, -0.15) is 0 Å². The van der Waals surface area contributed by atoms with Gasteiger partial charge in [0.05, 0.1) is 12.0 Å². The summed E-state index contributed by atoms with van der Waals surface area (Å²) in [4.78, 5) is 27.0. The quantitative estimate of drug-likeness (QED) is 0.280. The van der Waals surface area contributed by atoms with Crippen LogP contribution in [0, 0.1) is 0 Å². The number of nitrogens with zero attached hydrogens (tertiary/aromatic N) is 1. The van der Waals surface area contributed by atoms with Gasteiger partial charge in [-0.05, 0) is 53.6 Å². The third-order valence-electron chi connectivity index (χ3n) is 5.25. The van der Waals surface area contributed by atoms with Crippen molar-refractivity contribution in [3.63, 3.8) is 0 Å². The Morgan fingerprint density at radius 1 is 1.03 bits per heavy atom. The van der Waals surface area contributed by atoms with Crippen molar-refractivity contribution in [2.24, 2.45) is 0 Å². The van der Waals surface area contributed by atoms with E-state index in [4.69, 9.17) is 21.1 Å². The van der Waals surface area contributed by atoms with E-state index < -0.39 is 0 Å². The molecule has 1 aliphatic rings. The number of hydrogen-bond donors (Lipinski definition) is 0. The molecule has 0 spiro atoms. The van der Waals surface area contributed by atoms with E-state index in [2.05, 4.69) is 15.9 Å². The Kier molecular flexibility index (Phi) is 7.98. The normalized spacial score (nSPS) is 14.7. The Bertz CT molecular complexity index is 1250. The molecule has 1 fully saturated rings. The monoisotopic (exact) mass is 557 g/mol. The number of hydrogen-bond acceptors (Lipinski definition) is 5. The van der Waals surface area contributed by atoms with Crippen molar-refractivity contribution in [3.8, 4) is 11.5 Å². The van der Waals surface area contributed by atoms with Crippen LogP contribution in [0.3, 0.4) is 0 Å². The minimum atomic E-state index is -0.296. The maximum absolute atomic E-state index is 12.9. The molecule has 0 unspecified atom stereocenters. The predicted octanol–water partition coefficient (Wildman–Crippen LogP) is 6.97. The molecule has 2 amide bonds. The molecule has 0 saturated carbocycles. The first-order valence-corrected chi connectivity index (χ1v) is 12.5. The van der Waals surface area contributed by atoms with Crippen LogP contribution in [0.15, 0.2) is 76.1 Å². The summed E-state index contributed by atoms with van der Waals surface area (Å²) in [5.41, 5.74) is 2.64. The lowest BCUT2D eigenvalue weighted by Crippen LogP contribution is -2.30. The summed E-state index contributed by atoms with van der Waals surface area (Å²) in [7, 11) is 1.55. The lowest BCUT2D eigenvalue weighted by molar-refractivity contribution is -0.122. The lowest BCUT2D eigenvalue weighted by Gasteiger charge is -2.14. The van der Waals surface area contributed by atoms with Crippen LogP contribution in [0.25, 0.3) is 6.08 Å². The zero-order valence-electron chi connectivity index (χ0n) is 18.3. The number of imide groups is 1. The molecular formula is C26H21BrClNO4S.